The highest BCUT2D eigenvalue weighted by Gasteiger charge is 2.41. The third-order valence-electron chi connectivity index (χ3n) is 6.76. The number of ether oxygens (including phenoxy) is 4. The van der Waals surface area contributed by atoms with E-state index in [1.54, 1.807) is 7.11 Å². The first-order valence-corrected chi connectivity index (χ1v) is 19.5. The molecule has 0 bridgehead atoms. The van der Waals surface area contributed by atoms with Crippen LogP contribution in [0, 0.1) is 29.9 Å². The second kappa shape index (κ2) is 16.3. The summed E-state index contributed by atoms with van der Waals surface area (Å²) in [4.78, 5) is 13.0. The van der Waals surface area contributed by atoms with Gasteiger partial charge < -0.3 is 18.9 Å². The predicted molar refractivity (Wildman–Crippen MR) is 163 cm³/mol. The van der Waals surface area contributed by atoms with Crippen LogP contribution < -0.4 is 0 Å². The summed E-state index contributed by atoms with van der Waals surface area (Å²) in [6, 6.07) is 3.72. The Bertz CT molecular complexity index is 995. The van der Waals surface area contributed by atoms with Crippen LogP contribution >= 0.6 is 0 Å². The van der Waals surface area contributed by atoms with Crippen molar-refractivity contribution in [3.05, 3.63) is 34.4 Å². The fourth-order valence-corrected chi connectivity index (χ4v) is 10.4. The zero-order valence-electron chi connectivity index (χ0n) is 25.7. The maximum absolute atomic E-state index is 13.0. The van der Waals surface area contributed by atoms with Crippen molar-refractivity contribution in [1.82, 2.24) is 0 Å². The molecule has 0 saturated carbocycles. The Balaban J connectivity index is 3.22. The second-order valence-electron chi connectivity index (χ2n) is 11.7. The number of hydrogen-bond acceptors (Lipinski definition) is 5. The van der Waals surface area contributed by atoms with Gasteiger partial charge in [0.15, 0.2) is 0 Å². The molecule has 5 nitrogen and oxygen atoms in total. The molecular formula is C31H50O5Si2. The largest absolute Gasteiger partial charge is 0.460 e. The first kappa shape index (κ1) is 34.2. The Morgan fingerprint density at radius 3 is 1.66 bits per heavy atom. The number of methoxy groups -OCH3 is 1. The fourth-order valence-electron chi connectivity index (χ4n) is 4.70. The average Bonchev–Trinajstić information content (AvgIpc) is 2.82. The number of benzene rings is 1. The zero-order valence-corrected chi connectivity index (χ0v) is 27.7. The van der Waals surface area contributed by atoms with Crippen molar-refractivity contribution in [2.45, 2.75) is 84.7 Å². The van der Waals surface area contributed by atoms with E-state index in [4.69, 9.17) is 18.9 Å². The van der Waals surface area contributed by atoms with E-state index in [1.807, 2.05) is 12.1 Å². The van der Waals surface area contributed by atoms with Crippen LogP contribution in [0.4, 0.5) is 0 Å². The van der Waals surface area contributed by atoms with E-state index < -0.39 is 16.1 Å². The molecule has 0 fully saturated rings. The molecule has 0 saturated heterocycles. The van der Waals surface area contributed by atoms with Gasteiger partial charge in [-0.1, -0.05) is 73.0 Å². The van der Waals surface area contributed by atoms with E-state index in [9.17, 15) is 4.79 Å². The third kappa shape index (κ3) is 10.7. The van der Waals surface area contributed by atoms with Crippen LogP contribution in [0.25, 0.3) is 0 Å². The highest BCUT2D eigenvalue weighted by atomic mass is 28.3. The first-order valence-electron chi connectivity index (χ1n) is 13.8. The van der Waals surface area contributed by atoms with E-state index in [1.165, 1.54) is 0 Å². The molecule has 0 aromatic heterocycles. The van der Waals surface area contributed by atoms with Gasteiger partial charge in [-0.15, -0.1) is 11.1 Å². The van der Waals surface area contributed by atoms with Gasteiger partial charge in [0.05, 0.1) is 38.6 Å². The van der Waals surface area contributed by atoms with Crippen molar-refractivity contribution >= 4 is 22.1 Å². The molecule has 0 amide bonds. The Morgan fingerprint density at radius 2 is 1.21 bits per heavy atom. The molecule has 1 aromatic rings. The van der Waals surface area contributed by atoms with Gasteiger partial charge in [-0.25, -0.2) is 4.79 Å². The molecule has 7 heteroatoms. The monoisotopic (exact) mass is 558 g/mol. The van der Waals surface area contributed by atoms with Crippen molar-refractivity contribution < 1.29 is 23.7 Å². The third-order valence-corrected chi connectivity index (χ3v) is 13.9. The molecule has 0 unspecified atom stereocenters. The smallest absolute Gasteiger partial charge is 0.338 e. The lowest BCUT2D eigenvalue weighted by Gasteiger charge is -2.38. The minimum absolute atomic E-state index is 0.172. The van der Waals surface area contributed by atoms with Crippen LogP contribution in [0.2, 0.25) is 36.3 Å². The van der Waals surface area contributed by atoms with Gasteiger partial charge in [0.25, 0.3) is 0 Å². The average molecular weight is 559 g/mol. The Kier molecular flexibility index (Phi) is 14.6. The van der Waals surface area contributed by atoms with Crippen LogP contribution in [0.3, 0.4) is 0 Å². The number of carbonyl (C=O) groups excluding carboxylic acids is 1. The first-order chi connectivity index (χ1) is 17.8. The Labute approximate surface area is 234 Å². The van der Waals surface area contributed by atoms with Gasteiger partial charge in [-0.05, 0) is 41.2 Å². The molecule has 212 valence electrons. The molecule has 1 aromatic carbocycles. The van der Waals surface area contributed by atoms with Crippen LogP contribution in [0.5, 0.6) is 0 Å². The molecule has 0 radical (unpaired) electrons. The van der Waals surface area contributed by atoms with Gasteiger partial charge >= 0.3 is 5.97 Å². The van der Waals surface area contributed by atoms with E-state index >= 15 is 0 Å². The van der Waals surface area contributed by atoms with Crippen LogP contribution in [-0.4, -0.2) is 68.9 Å². The summed E-state index contributed by atoms with van der Waals surface area (Å²) < 4.78 is 21.3. The maximum atomic E-state index is 13.0. The highest BCUT2D eigenvalue weighted by Crippen LogP contribution is 2.40. The maximum Gasteiger partial charge on any atom is 0.338 e. The van der Waals surface area contributed by atoms with Crippen molar-refractivity contribution in [3.63, 3.8) is 0 Å². The van der Waals surface area contributed by atoms with E-state index in [0.29, 0.717) is 55.2 Å². The van der Waals surface area contributed by atoms with Gasteiger partial charge in [0.2, 0.25) is 0 Å². The lowest BCUT2D eigenvalue weighted by Crippen LogP contribution is -2.43. The van der Waals surface area contributed by atoms with Gasteiger partial charge in [-0.3, -0.25) is 0 Å². The van der Waals surface area contributed by atoms with Crippen molar-refractivity contribution in [2.75, 3.05) is 46.8 Å². The summed E-state index contributed by atoms with van der Waals surface area (Å²) >= 11 is 0. The normalized spacial score (nSPS) is 11.8. The van der Waals surface area contributed by atoms with Crippen molar-refractivity contribution in [3.8, 4) is 22.9 Å². The number of rotatable bonds is 13. The Hall–Kier alpha value is -1.88. The van der Waals surface area contributed by atoms with Crippen LogP contribution in [0.15, 0.2) is 12.1 Å². The van der Waals surface area contributed by atoms with Gasteiger partial charge in [0, 0.05) is 18.2 Å². The van der Waals surface area contributed by atoms with E-state index in [-0.39, 0.29) is 12.6 Å². The molecular weight excluding hydrogens is 509 g/mol. The highest BCUT2D eigenvalue weighted by molar-refractivity contribution is 6.90. The lowest BCUT2D eigenvalue weighted by atomic mass is 9.99. The second-order valence-corrected chi connectivity index (χ2v) is 22.0. The molecule has 0 atom stereocenters. The van der Waals surface area contributed by atoms with Gasteiger partial charge in [-0.2, -0.15) is 0 Å². The summed E-state index contributed by atoms with van der Waals surface area (Å²) in [5.74, 6) is 6.51. The number of hydrogen-bond donors (Lipinski definition) is 0. The van der Waals surface area contributed by atoms with Crippen LogP contribution in [0.1, 0.15) is 68.6 Å². The zero-order chi connectivity index (χ0) is 28.9. The molecule has 0 aliphatic rings. The fraction of sp³-hybridized carbons (Fsp3) is 0.645. The standard InChI is InChI=1S/C31H50O5Si2/c1-24(2)38(25(3)4,26(5)6)21-13-29-23-30(22-28(27(29)7)12-20-37(9,10)11)31(32)36-19-18-35-17-16-34-15-14-33-8/h22-26H,14-19H2,1-11H3. The van der Waals surface area contributed by atoms with Crippen LogP contribution in [-0.2, 0) is 18.9 Å². The summed E-state index contributed by atoms with van der Waals surface area (Å²) in [5.41, 5.74) is 12.0. The SMILES string of the molecule is COCCOCCOCCOC(=O)c1cc(C#C[Si](C)(C)C)c(C)c(C#C[Si](C(C)C)(C(C)C)C(C)C)c1. The topological polar surface area (TPSA) is 54.0 Å². The van der Waals surface area contributed by atoms with E-state index in [2.05, 4.69) is 91.0 Å². The molecule has 0 heterocycles. The molecule has 1 rings (SSSR count). The predicted octanol–water partition coefficient (Wildman–Crippen LogP) is 6.63. The molecule has 0 aliphatic carbocycles. The van der Waals surface area contributed by atoms with Crippen molar-refractivity contribution in [2.24, 2.45) is 0 Å². The quantitative estimate of drug-likeness (QED) is 0.118. The summed E-state index contributed by atoms with van der Waals surface area (Å²) in [5, 5.41) is 0. The minimum Gasteiger partial charge on any atom is -0.460 e. The number of carbonyl (C=O) groups is 1. The summed E-state index contributed by atoms with van der Waals surface area (Å²) in [7, 11) is -1.90. The van der Waals surface area contributed by atoms with E-state index in [0.717, 1.165) is 16.7 Å². The summed E-state index contributed by atoms with van der Waals surface area (Å²) in [6.45, 7) is 25.0. The molecule has 38 heavy (non-hydrogen) atoms. The van der Waals surface area contributed by atoms with Gasteiger partial charge in [0.1, 0.15) is 22.8 Å². The molecule has 0 aliphatic heterocycles. The Morgan fingerprint density at radius 1 is 0.763 bits per heavy atom. The lowest BCUT2D eigenvalue weighted by molar-refractivity contribution is 0.00570. The summed E-state index contributed by atoms with van der Waals surface area (Å²) in [6.07, 6.45) is 0. The molecule has 0 N–H and O–H groups in total. The number of esters is 1. The minimum atomic E-state index is -1.93. The van der Waals surface area contributed by atoms with Crippen molar-refractivity contribution in [1.29, 1.82) is 0 Å². The molecule has 0 spiro atoms.